The van der Waals surface area contributed by atoms with Crippen molar-refractivity contribution in [1.82, 2.24) is 10.2 Å². The van der Waals surface area contributed by atoms with Crippen molar-refractivity contribution in [1.29, 1.82) is 0 Å². The Bertz CT molecular complexity index is 627. The van der Waals surface area contributed by atoms with Gasteiger partial charge in [0.05, 0.1) is 31.9 Å². The Kier molecular flexibility index (Phi) is 5.33. The maximum absolute atomic E-state index is 13.1. The number of carbonyl (C=O) groups is 2. The lowest BCUT2D eigenvalue weighted by Gasteiger charge is -2.35. The van der Waals surface area contributed by atoms with Gasteiger partial charge < -0.3 is 14.8 Å². The smallest absolute Gasteiger partial charge is 0.337 e. The molecule has 2 amide bonds. The van der Waals surface area contributed by atoms with Crippen molar-refractivity contribution < 1.29 is 23.5 Å². The number of carbonyl (C=O) groups excluding carboxylic acids is 2. The Labute approximate surface area is 133 Å². The van der Waals surface area contributed by atoms with E-state index in [1.165, 1.54) is 43.4 Å². The third kappa shape index (κ3) is 3.50. The van der Waals surface area contributed by atoms with E-state index in [1.807, 2.05) is 0 Å². The van der Waals surface area contributed by atoms with Gasteiger partial charge in [0.15, 0.2) is 0 Å². The Morgan fingerprint density at radius 2 is 1.96 bits per heavy atom. The third-order valence-electron chi connectivity index (χ3n) is 3.72. The summed E-state index contributed by atoms with van der Waals surface area (Å²) in [5, 5.41) is 2.76. The summed E-state index contributed by atoms with van der Waals surface area (Å²) in [6.45, 7) is 2.32. The maximum Gasteiger partial charge on any atom is 0.337 e. The molecule has 1 aliphatic rings. The lowest BCUT2D eigenvalue weighted by molar-refractivity contribution is -0.136. The number of urea groups is 1. The van der Waals surface area contributed by atoms with Gasteiger partial charge in [0.1, 0.15) is 5.82 Å². The van der Waals surface area contributed by atoms with Crippen LogP contribution in [0, 0.1) is 5.82 Å². The molecule has 1 aromatic carbocycles. The minimum atomic E-state index is -0.686. The van der Waals surface area contributed by atoms with Gasteiger partial charge in [-0.15, -0.1) is 0 Å². The lowest BCUT2D eigenvalue weighted by Crippen LogP contribution is -2.48. The highest BCUT2D eigenvalue weighted by atomic mass is 19.1. The van der Waals surface area contributed by atoms with Crippen molar-refractivity contribution in [3.05, 3.63) is 46.9 Å². The van der Waals surface area contributed by atoms with Crippen molar-refractivity contribution in [3.63, 3.8) is 0 Å². The second kappa shape index (κ2) is 7.23. The summed E-state index contributed by atoms with van der Waals surface area (Å²) in [5.74, 6) is -0.933. The van der Waals surface area contributed by atoms with Crippen LogP contribution in [0.4, 0.5) is 9.18 Å². The highest BCUT2D eigenvalue weighted by Crippen LogP contribution is 2.31. The van der Waals surface area contributed by atoms with Gasteiger partial charge in [0.25, 0.3) is 0 Å². The molecule has 1 aromatic rings. The zero-order valence-electron chi connectivity index (χ0n) is 13.3. The molecule has 0 spiro atoms. The molecule has 0 bridgehead atoms. The molecule has 0 aliphatic carbocycles. The first kappa shape index (κ1) is 17.0. The molecule has 124 valence electrons. The van der Waals surface area contributed by atoms with E-state index in [2.05, 4.69) is 5.32 Å². The highest BCUT2D eigenvalue weighted by molar-refractivity contribution is 5.94. The lowest BCUT2D eigenvalue weighted by atomic mass is 9.95. The summed E-state index contributed by atoms with van der Waals surface area (Å²) >= 11 is 0. The Morgan fingerprint density at radius 3 is 2.52 bits per heavy atom. The Balaban J connectivity index is 2.45. The number of amides is 2. The largest absolute Gasteiger partial charge is 0.466 e. The van der Waals surface area contributed by atoms with E-state index in [0.717, 1.165) is 0 Å². The number of allylic oxidation sites excluding steroid dienone is 1. The molecule has 0 aromatic heterocycles. The SMILES string of the molecule is COCCN1C(=O)N[C@H](c2ccc(F)cc2)C(C(=O)OC)=C1C. The summed E-state index contributed by atoms with van der Waals surface area (Å²) < 4.78 is 22.9. The summed E-state index contributed by atoms with van der Waals surface area (Å²) in [7, 11) is 2.81. The van der Waals surface area contributed by atoms with Gasteiger partial charge >= 0.3 is 12.0 Å². The summed E-state index contributed by atoms with van der Waals surface area (Å²) in [4.78, 5) is 25.9. The fourth-order valence-corrected chi connectivity index (χ4v) is 2.51. The molecule has 6 nitrogen and oxygen atoms in total. The molecule has 0 fully saturated rings. The molecule has 7 heteroatoms. The van der Waals surface area contributed by atoms with Gasteiger partial charge in [-0.25, -0.2) is 14.0 Å². The summed E-state index contributed by atoms with van der Waals surface area (Å²) in [6.07, 6.45) is 0. The molecule has 0 radical (unpaired) electrons. The second-order valence-corrected chi connectivity index (χ2v) is 5.07. The first-order valence-corrected chi connectivity index (χ1v) is 7.11. The highest BCUT2D eigenvalue weighted by Gasteiger charge is 2.35. The quantitative estimate of drug-likeness (QED) is 0.842. The van der Waals surface area contributed by atoms with Crippen LogP contribution in [0.5, 0.6) is 0 Å². The molecule has 0 saturated heterocycles. The van der Waals surface area contributed by atoms with E-state index >= 15 is 0 Å². The molecule has 2 rings (SSSR count). The average molecular weight is 322 g/mol. The van der Waals surface area contributed by atoms with E-state index in [1.54, 1.807) is 6.92 Å². The molecule has 1 N–H and O–H groups in total. The molecule has 1 atom stereocenters. The fourth-order valence-electron chi connectivity index (χ4n) is 2.51. The fraction of sp³-hybridized carbons (Fsp3) is 0.375. The Morgan fingerprint density at radius 1 is 1.30 bits per heavy atom. The van der Waals surface area contributed by atoms with Crippen molar-refractivity contribution in [2.75, 3.05) is 27.4 Å². The number of hydrogen-bond acceptors (Lipinski definition) is 4. The number of ether oxygens (including phenoxy) is 2. The van der Waals surface area contributed by atoms with Gasteiger partial charge in [0.2, 0.25) is 0 Å². The van der Waals surface area contributed by atoms with Crippen LogP contribution in [0.25, 0.3) is 0 Å². The number of benzene rings is 1. The van der Waals surface area contributed by atoms with Crippen LogP contribution >= 0.6 is 0 Å². The van der Waals surface area contributed by atoms with Gasteiger partial charge in [-0.2, -0.15) is 0 Å². The Hall–Kier alpha value is -2.41. The minimum absolute atomic E-state index is 0.310. The number of hydrogen-bond donors (Lipinski definition) is 1. The predicted molar refractivity (Wildman–Crippen MR) is 81.0 cm³/mol. The van der Waals surface area contributed by atoms with Gasteiger partial charge in [0, 0.05) is 12.8 Å². The topological polar surface area (TPSA) is 67.9 Å². The van der Waals surface area contributed by atoms with Crippen LogP contribution in [0.3, 0.4) is 0 Å². The predicted octanol–water partition coefficient (Wildman–Crippen LogP) is 1.99. The number of rotatable bonds is 5. The van der Waals surface area contributed by atoms with Crippen LogP contribution in [-0.4, -0.2) is 44.3 Å². The number of nitrogens with zero attached hydrogens (tertiary/aromatic N) is 1. The average Bonchev–Trinajstić information content (AvgIpc) is 2.54. The van der Waals surface area contributed by atoms with E-state index in [0.29, 0.717) is 30.0 Å². The number of halogens is 1. The summed E-state index contributed by atoms with van der Waals surface area (Å²) in [6, 6.07) is 4.59. The van der Waals surface area contributed by atoms with Gasteiger partial charge in [-0.3, -0.25) is 4.90 Å². The maximum atomic E-state index is 13.1. The third-order valence-corrected chi connectivity index (χ3v) is 3.72. The van der Waals surface area contributed by atoms with Crippen LogP contribution in [0.1, 0.15) is 18.5 Å². The first-order chi connectivity index (χ1) is 11.0. The van der Waals surface area contributed by atoms with Crippen molar-refractivity contribution >= 4 is 12.0 Å². The first-order valence-electron chi connectivity index (χ1n) is 7.11. The molecule has 0 saturated carbocycles. The zero-order valence-corrected chi connectivity index (χ0v) is 13.3. The molecular weight excluding hydrogens is 303 g/mol. The van der Waals surface area contributed by atoms with Crippen molar-refractivity contribution in [2.24, 2.45) is 0 Å². The van der Waals surface area contributed by atoms with Gasteiger partial charge in [-0.1, -0.05) is 12.1 Å². The van der Waals surface area contributed by atoms with E-state index < -0.39 is 17.8 Å². The molecule has 1 aliphatic heterocycles. The van der Waals surface area contributed by atoms with Crippen molar-refractivity contribution in [2.45, 2.75) is 13.0 Å². The van der Waals surface area contributed by atoms with E-state index in [9.17, 15) is 14.0 Å². The monoisotopic (exact) mass is 322 g/mol. The molecule has 23 heavy (non-hydrogen) atoms. The van der Waals surface area contributed by atoms with Crippen LogP contribution in [-0.2, 0) is 14.3 Å². The molecular formula is C16H19FN2O4. The second-order valence-electron chi connectivity index (χ2n) is 5.07. The molecule has 1 heterocycles. The standard InChI is InChI=1S/C16H19FN2O4/c1-10-13(15(20)23-3)14(11-4-6-12(17)7-5-11)18-16(21)19(10)8-9-22-2/h4-7,14H,8-9H2,1-3H3,(H,18,21)/t14-/m1/s1. The number of esters is 1. The number of methoxy groups -OCH3 is 2. The van der Waals surface area contributed by atoms with Crippen molar-refractivity contribution in [3.8, 4) is 0 Å². The normalized spacial score (nSPS) is 18.0. The zero-order chi connectivity index (χ0) is 17.0. The van der Waals surface area contributed by atoms with E-state index in [4.69, 9.17) is 9.47 Å². The van der Waals surface area contributed by atoms with E-state index in [-0.39, 0.29) is 6.03 Å². The van der Waals surface area contributed by atoms with Crippen LogP contribution in [0.15, 0.2) is 35.5 Å². The van der Waals surface area contributed by atoms with Crippen LogP contribution < -0.4 is 5.32 Å². The minimum Gasteiger partial charge on any atom is -0.466 e. The van der Waals surface area contributed by atoms with Gasteiger partial charge in [-0.05, 0) is 24.6 Å². The number of nitrogens with one attached hydrogen (secondary N) is 1. The summed E-state index contributed by atoms with van der Waals surface area (Å²) in [5.41, 5.74) is 1.41. The van der Waals surface area contributed by atoms with Crippen LogP contribution in [0.2, 0.25) is 0 Å². The molecule has 0 unspecified atom stereocenters.